The van der Waals surface area contributed by atoms with Crippen molar-refractivity contribution < 1.29 is 14.2 Å². The Morgan fingerprint density at radius 3 is 2.22 bits per heavy atom. The molecule has 0 saturated carbocycles. The van der Waals surface area contributed by atoms with Crippen LogP contribution in [-0.2, 0) is 0 Å². The van der Waals surface area contributed by atoms with Gasteiger partial charge in [0.2, 0.25) is 0 Å². The zero-order valence-electron chi connectivity index (χ0n) is 20.4. The van der Waals surface area contributed by atoms with Gasteiger partial charge in [-0.25, -0.2) is 4.98 Å². The number of aromatic nitrogens is 3. The number of anilines is 1. The highest BCUT2D eigenvalue weighted by atomic mass is 16.6. The average Bonchev–Trinajstić information content (AvgIpc) is 2.78. The van der Waals surface area contributed by atoms with Crippen LogP contribution in [0.3, 0.4) is 0 Å². The maximum Gasteiger partial charge on any atom is 0.274 e. The number of nitrogens with zero attached hydrogens (tertiary/aromatic N) is 4. The van der Waals surface area contributed by atoms with Crippen molar-refractivity contribution in [1.82, 2.24) is 14.6 Å². The molecule has 0 amide bonds. The number of rotatable bonds is 3. The topological polar surface area (TPSA) is 78.2 Å². The van der Waals surface area contributed by atoms with Gasteiger partial charge in [0.05, 0.1) is 5.50 Å². The summed E-state index contributed by atoms with van der Waals surface area (Å²) in [5.41, 5.74) is 1.95. The molecule has 0 unspecified atom stereocenters. The van der Waals surface area contributed by atoms with E-state index in [1.807, 2.05) is 13.8 Å². The van der Waals surface area contributed by atoms with Crippen LogP contribution < -0.4 is 24.7 Å². The van der Waals surface area contributed by atoms with Crippen molar-refractivity contribution in [2.45, 2.75) is 49.9 Å². The number of hydrogen-bond donors (Lipinski definition) is 0. The smallest absolute Gasteiger partial charge is 0.274 e. The molecule has 4 heterocycles. The number of benzene rings is 1. The average molecular weight is 472 g/mol. The fourth-order valence-corrected chi connectivity index (χ4v) is 4.41. The van der Waals surface area contributed by atoms with Crippen molar-refractivity contribution in [2.75, 3.05) is 18.0 Å². The summed E-state index contributed by atoms with van der Waals surface area (Å²) in [5.74, 6) is 1.71. The summed E-state index contributed by atoms with van der Waals surface area (Å²) < 4.78 is 18.6. The molecule has 172 valence electrons. The minimum Gasteiger partial charge on any atom is -0.501 e. The largest absolute Gasteiger partial charge is 0.501 e. The minimum absolute atomic E-state index is 0.213. The molecule has 2 aromatic heterocycles. The quantitative estimate of drug-likeness (QED) is 0.509. The Balaban J connectivity index is 1.34. The van der Waals surface area contributed by atoms with Gasteiger partial charge in [-0.2, -0.15) is 4.52 Å². The Bertz CT molecular complexity index is 1420. The van der Waals surface area contributed by atoms with E-state index in [4.69, 9.17) is 53.4 Å². The summed E-state index contributed by atoms with van der Waals surface area (Å²) in [6.07, 6.45) is 1.01. The number of ether oxygens (including phenoxy) is 3. The third kappa shape index (κ3) is 4.16. The van der Waals surface area contributed by atoms with Crippen LogP contribution >= 0.6 is 0 Å². The molecule has 8 nitrogen and oxygen atoms in total. The second-order valence-electron chi connectivity index (χ2n) is 9.60. The first-order chi connectivity index (χ1) is 16.8. The number of piperidine rings is 1. The van der Waals surface area contributed by atoms with Crippen LogP contribution in [-0.4, -0.2) is 83.2 Å². The van der Waals surface area contributed by atoms with E-state index in [-0.39, 0.29) is 17.1 Å². The molecule has 36 heavy (non-hydrogen) atoms. The first kappa shape index (κ1) is 24.7. The predicted octanol–water partition coefficient (Wildman–Crippen LogP) is 0.312. The van der Waals surface area contributed by atoms with Crippen molar-refractivity contribution in [3.05, 3.63) is 51.4 Å². The molecule has 1 fully saturated rings. The summed E-state index contributed by atoms with van der Waals surface area (Å²) in [7, 11) is 29.9. The van der Waals surface area contributed by atoms with Crippen molar-refractivity contribution in [2.24, 2.45) is 0 Å². The lowest BCUT2D eigenvalue weighted by Crippen LogP contribution is -2.65. The Morgan fingerprint density at radius 1 is 0.917 bits per heavy atom. The van der Waals surface area contributed by atoms with Gasteiger partial charge >= 0.3 is 0 Å². The molecule has 13 heteroatoms. The van der Waals surface area contributed by atoms with E-state index < -0.39 is 16.3 Å². The van der Waals surface area contributed by atoms with Gasteiger partial charge in [0.25, 0.3) is 5.56 Å². The van der Waals surface area contributed by atoms with Crippen LogP contribution in [0, 0.1) is 20.8 Å². The third-order valence-corrected chi connectivity index (χ3v) is 6.77. The first-order valence-corrected chi connectivity index (χ1v) is 11.6. The predicted molar refractivity (Wildman–Crippen MR) is 140 cm³/mol. The van der Waals surface area contributed by atoms with Gasteiger partial charge in [0.1, 0.15) is 45.0 Å². The van der Waals surface area contributed by atoms with Crippen LogP contribution in [0.15, 0.2) is 29.1 Å². The first-order valence-electron chi connectivity index (χ1n) is 11.6. The van der Waals surface area contributed by atoms with Crippen LogP contribution in [0.4, 0.5) is 5.82 Å². The van der Waals surface area contributed by atoms with E-state index in [0.717, 1.165) is 16.9 Å². The van der Waals surface area contributed by atoms with Gasteiger partial charge < -0.3 is 19.1 Å². The van der Waals surface area contributed by atoms with Crippen molar-refractivity contribution in [3.8, 4) is 17.2 Å². The molecule has 0 bridgehead atoms. The maximum atomic E-state index is 12.5. The molecule has 0 atom stereocenters. The standard InChI is InChI=1S/C23H21B5N4O4/c1-12-10-18(33)32-19(29-12)13(2)14(3)20(30-32)31-8-6-21(24,7-9-31)34-15-4-5-16-17(11-15)36-23(27,28)22(25,26)35-16/h4-5,10-11H,6-9H2,1-3H3. The van der Waals surface area contributed by atoms with Crippen LogP contribution in [0.25, 0.3) is 5.65 Å². The van der Waals surface area contributed by atoms with Gasteiger partial charge in [0, 0.05) is 52.8 Å². The van der Waals surface area contributed by atoms with Crippen molar-refractivity contribution in [3.63, 3.8) is 0 Å². The van der Waals surface area contributed by atoms with E-state index in [9.17, 15) is 4.79 Å². The van der Waals surface area contributed by atoms with Gasteiger partial charge in [-0.3, -0.25) is 4.79 Å². The molecule has 2 aliphatic rings. The molecule has 3 aromatic rings. The third-order valence-electron chi connectivity index (χ3n) is 6.77. The van der Waals surface area contributed by atoms with Crippen molar-refractivity contribution >= 4 is 50.7 Å². The Hall–Kier alpha value is -2.97. The fraction of sp³-hybridized carbons (Fsp3) is 0.435. The highest BCUT2D eigenvalue weighted by molar-refractivity contribution is 6.53. The summed E-state index contributed by atoms with van der Waals surface area (Å²) in [5, 5.41) is 0.770. The molecule has 10 radical (unpaired) electrons. The van der Waals surface area contributed by atoms with E-state index in [0.29, 0.717) is 43.0 Å². The molecule has 0 aliphatic carbocycles. The fourth-order valence-electron chi connectivity index (χ4n) is 4.41. The van der Waals surface area contributed by atoms with Gasteiger partial charge in [-0.15, -0.1) is 5.10 Å². The lowest BCUT2D eigenvalue weighted by molar-refractivity contribution is 0.0603. The van der Waals surface area contributed by atoms with Gasteiger partial charge in [0.15, 0.2) is 23.0 Å². The molecular weight excluding hydrogens is 450 g/mol. The summed E-state index contributed by atoms with van der Waals surface area (Å²) >= 11 is 0. The maximum absolute atomic E-state index is 12.5. The van der Waals surface area contributed by atoms with Crippen LogP contribution in [0.1, 0.15) is 29.7 Å². The SMILES string of the molecule is [B]C1(Oc2ccc3c(c2)OC([B])([B])C([B])([B])O3)CCN(c2nn3c(=O)cc(C)nc3c(C)c2C)CC1. The zero-order valence-corrected chi connectivity index (χ0v) is 20.4. The number of aryl methyl sites for hydroxylation is 2. The van der Waals surface area contributed by atoms with Crippen molar-refractivity contribution in [1.29, 1.82) is 0 Å². The lowest BCUT2D eigenvalue weighted by atomic mass is 9.41. The van der Waals surface area contributed by atoms with E-state index in [1.54, 1.807) is 25.1 Å². The second kappa shape index (κ2) is 8.28. The Kier molecular flexibility index (Phi) is 5.69. The molecule has 5 rings (SSSR count). The molecule has 1 aromatic carbocycles. The number of hydrogen-bond acceptors (Lipinski definition) is 7. The van der Waals surface area contributed by atoms with Crippen LogP contribution in [0.2, 0.25) is 0 Å². The summed E-state index contributed by atoms with van der Waals surface area (Å²) in [6.45, 7) is 6.87. The summed E-state index contributed by atoms with van der Waals surface area (Å²) in [4.78, 5) is 19.1. The molecule has 2 aliphatic heterocycles. The molecule has 0 N–H and O–H groups in total. The normalized spacial score (nSPS) is 19.7. The summed E-state index contributed by atoms with van der Waals surface area (Å²) in [6, 6.07) is 6.34. The highest BCUT2D eigenvalue weighted by Gasteiger charge is 2.43. The Labute approximate surface area is 216 Å². The molecule has 1 saturated heterocycles. The van der Waals surface area contributed by atoms with Gasteiger partial charge in [-0.1, -0.05) is 0 Å². The van der Waals surface area contributed by atoms with Crippen LogP contribution in [0.5, 0.6) is 17.2 Å². The van der Waals surface area contributed by atoms with E-state index in [1.165, 1.54) is 10.6 Å². The highest BCUT2D eigenvalue weighted by Crippen LogP contribution is 2.42. The number of fused-ring (bicyclic) bond motifs is 2. The molecule has 0 spiro atoms. The minimum atomic E-state index is -1.94. The Morgan fingerprint density at radius 2 is 1.56 bits per heavy atom. The second-order valence-corrected chi connectivity index (χ2v) is 9.60. The monoisotopic (exact) mass is 472 g/mol. The zero-order chi connectivity index (χ0) is 26.0. The van der Waals surface area contributed by atoms with E-state index in [2.05, 4.69) is 15.0 Å². The lowest BCUT2D eigenvalue weighted by Gasteiger charge is -2.48. The molecular formula is C23H21B5N4O4. The van der Waals surface area contributed by atoms with E-state index >= 15 is 0 Å². The van der Waals surface area contributed by atoms with Gasteiger partial charge in [-0.05, 0) is 45.7 Å².